The van der Waals surface area contributed by atoms with Crippen molar-refractivity contribution in [3.05, 3.63) is 23.2 Å². The number of rotatable bonds is 5. The molecule has 0 N–H and O–H groups in total. The standard InChI is InChI=1S/C8H11ClN2O2/c1-12-2-3-13-6-7-4-11-8(9)5-10-7/h4-5H,2-3,6H2,1H3. The van der Waals surface area contributed by atoms with Gasteiger partial charge in [0.05, 0.1) is 37.9 Å². The van der Waals surface area contributed by atoms with E-state index in [0.29, 0.717) is 25.0 Å². The monoisotopic (exact) mass is 202 g/mol. The lowest BCUT2D eigenvalue weighted by Gasteiger charge is -2.01. The minimum absolute atomic E-state index is 0.389. The first-order chi connectivity index (χ1) is 6.33. The maximum Gasteiger partial charge on any atom is 0.147 e. The van der Waals surface area contributed by atoms with Crippen LogP contribution in [0.3, 0.4) is 0 Å². The Morgan fingerprint density at radius 3 is 2.77 bits per heavy atom. The number of methoxy groups -OCH3 is 1. The van der Waals surface area contributed by atoms with Crippen molar-refractivity contribution < 1.29 is 9.47 Å². The summed E-state index contributed by atoms with van der Waals surface area (Å²) in [7, 11) is 1.63. The smallest absolute Gasteiger partial charge is 0.147 e. The van der Waals surface area contributed by atoms with E-state index in [2.05, 4.69) is 9.97 Å². The van der Waals surface area contributed by atoms with Crippen LogP contribution >= 0.6 is 11.6 Å². The van der Waals surface area contributed by atoms with Crippen molar-refractivity contribution in [2.75, 3.05) is 20.3 Å². The molecule has 1 aromatic heterocycles. The van der Waals surface area contributed by atoms with Crippen LogP contribution < -0.4 is 0 Å². The minimum atomic E-state index is 0.389. The van der Waals surface area contributed by atoms with Crippen molar-refractivity contribution in [1.82, 2.24) is 9.97 Å². The van der Waals surface area contributed by atoms with E-state index in [9.17, 15) is 0 Å². The van der Waals surface area contributed by atoms with E-state index in [-0.39, 0.29) is 0 Å². The molecule has 0 aliphatic heterocycles. The third-order valence-electron chi connectivity index (χ3n) is 1.36. The second kappa shape index (κ2) is 5.85. The molecule has 0 saturated heterocycles. The summed E-state index contributed by atoms with van der Waals surface area (Å²) < 4.78 is 10.0. The highest BCUT2D eigenvalue weighted by atomic mass is 35.5. The molecule has 0 radical (unpaired) electrons. The van der Waals surface area contributed by atoms with E-state index in [4.69, 9.17) is 21.1 Å². The first-order valence-corrected chi connectivity index (χ1v) is 4.24. The number of hydrogen-bond donors (Lipinski definition) is 0. The Hall–Kier alpha value is -0.710. The van der Waals surface area contributed by atoms with E-state index in [1.165, 1.54) is 6.20 Å². The summed E-state index contributed by atoms with van der Waals surface area (Å²) in [6.07, 6.45) is 3.09. The van der Waals surface area contributed by atoms with Gasteiger partial charge in [0, 0.05) is 7.11 Å². The van der Waals surface area contributed by atoms with Crippen LogP contribution in [0.1, 0.15) is 5.69 Å². The number of halogens is 1. The molecule has 72 valence electrons. The van der Waals surface area contributed by atoms with E-state index in [1.54, 1.807) is 13.3 Å². The summed E-state index contributed by atoms with van der Waals surface area (Å²) in [5.41, 5.74) is 0.764. The van der Waals surface area contributed by atoms with Crippen molar-refractivity contribution in [2.24, 2.45) is 0 Å². The maximum absolute atomic E-state index is 5.56. The Morgan fingerprint density at radius 1 is 1.31 bits per heavy atom. The fourth-order valence-corrected chi connectivity index (χ4v) is 0.830. The fraction of sp³-hybridized carbons (Fsp3) is 0.500. The third kappa shape index (κ3) is 4.17. The highest BCUT2D eigenvalue weighted by Crippen LogP contribution is 2.01. The minimum Gasteiger partial charge on any atom is -0.382 e. The fourth-order valence-electron chi connectivity index (χ4n) is 0.733. The van der Waals surface area contributed by atoms with Crippen LogP contribution in [0.15, 0.2) is 12.4 Å². The normalized spacial score (nSPS) is 10.3. The quantitative estimate of drug-likeness (QED) is 0.675. The molecule has 0 fully saturated rings. The van der Waals surface area contributed by atoms with Crippen molar-refractivity contribution in [3.8, 4) is 0 Å². The molecule has 0 atom stereocenters. The molecule has 0 aliphatic carbocycles. The average molecular weight is 203 g/mol. The molecule has 1 rings (SSSR count). The molecule has 13 heavy (non-hydrogen) atoms. The molecular weight excluding hydrogens is 192 g/mol. The molecule has 1 aromatic rings. The second-order valence-electron chi connectivity index (χ2n) is 2.38. The van der Waals surface area contributed by atoms with Gasteiger partial charge in [0.2, 0.25) is 0 Å². The lowest BCUT2D eigenvalue weighted by atomic mass is 10.5. The van der Waals surface area contributed by atoms with Crippen LogP contribution in [-0.4, -0.2) is 30.3 Å². The van der Waals surface area contributed by atoms with Crippen molar-refractivity contribution in [1.29, 1.82) is 0 Å². The Morgan fingerprint density at radius 2 is 2.15 bits per heavy atom. The van der Waals surface area contributed by atoms with Crippen LogP contribution in [0.4, 0.5) is 0 Å². The molecule has 0 saturated carbocycles. The largest absolute Gasteiger partial charge is 0.382 e. The Labute approximate surface area is 81.9 Å². The zero-order valence-corrected chi connectivity index (χ0v) is 8.12. The molecule has 1 heterocycles. The Balaban J connectivity index is 2.25. The summed E-state index contributed by atoms with van der Waals surface area (Å²) in [6, 6.07) is 0. The zero-order chi connectivity index (χ0) is 9.52. The van der Waals surface area contributed by atoms with E-state index < -0.39 is 0 Å². The molecule has 0 bridgehead atoms. The summed E-state index contributed by atoms with van der Waals surface area (Å²) in [6.45, 7) is 1.58. The number of nitrogens with zero attached hydrogens (tertiary/aromatic N) is 2. The van der Waals surface area contributed by atoms with Crippen molar-refractivity contribution in [2.45, 2.75) is 6.61 Å². The van der Waals surface area contributed by atoms with Gasteiger partial charge in [-0.05, 0) is 0 Å². The van der Waals surface area contributed by atoms with Gasteiger partial charge in [0.15, 0.2) is 0 Å². The van der Waals surface area contributed by atoms with Gasteiger partial charge in [-0.2, -0.15) is 0 Å². The highest BCUT2D eigenvalue weighted by molar-refractivity contribution is 6.29. The van der Waals surface area contributed by atoms with Gasteiger partial charge in [-0.1, -0.05) is 11.6 Å². The van der Waals surface area contributed by atoms with Crippen molar-refractivity contribution >= 4 is 11.6 Å². The SMILES string of the molecule is COCCOCc1cnc(Cl)cn1. The highest BCUT2D eigenvalue weighted by Gasteiger charge is 1.95. The molecule has 5 heteroatoms. The Bertz CT molecular complexity index is 240. The van der Waals surface area contributed by atoms with Gasteiger partial charge in [0.1, 0.15) is 5.15 Å². The van der Waals surface area contributed by atoms with Gasteiger partial charge in [0.25, 0.3) is 0 Å². The molecule has 0 amide bonds. The number of hydrogen-bond acceptors (Lipinski definition) is 4. The first-order valence-electron chi connectivity index (χ1n) is 3.86. The Kier molecular flexibility index (Phi) is 4.67. The summed E-state index contributed by atoms with van der Waals surface area (Å²) >= 11 is 5.56. The molecular formula is C8H11ClN2O2. The van der Waals surface area contributed by atoms with Gasteiger partial charge < -0.3 is 9.47 Å². The van der Waals surface area contributed by atoms with Gasteiger partial charge in [-0.25, -0.2) is 4.98 Å². The lowest BCUT2D eigenvalue weighted by molar-refractivity contribution is 0.0601. The van der Waals surface area contributed by atoms with Gasteiger partial charge in [-0.15, -0.1) is 0 Å². The van der Waals surface area contributed by atoms with E-state index in [0.717, 1.165) is 5.69 Å². The molecule has 4 nitrogen and oxygen atoms in total. The van der Waals surface area contributed by atoms with Crippen LogP contribution in [0, 0.1) is 0 Å². The van der Waals surface area contributed by atoms with Gasteiger partial charge in [-0.3, -0.25) is 4.98 Å². The zero-order valence-electron chi connectivity index (χ0n) is 7.36. The third-order valence-corrected chi connectivity index (χ3v) is 1.55. The summed E-state index contributed by atoms with van der Waals surface area (Å²) in [5.74, 6) is 0. The van der Waals surface area contributed by atoms with Crippen LogP contribution in [0.5, 0.6) is 0 Å². The first kappa shape index (κ1) is 10.4. The molecule has 0 spiro atoms. The topological polar surface area (TPSA) is 44.2 Å². The summed E-state index contributed by atoms with van der Waals surface area (Å²) in [4.78, 5) is 7.89. The number of aromatic nitrogens is 2. The lowest BCUT2D eigenvalue weighted by Crippen LogP contribution is -2.03. The predicted octanol–water partition coefficient (Wildman–Crippen LogP) is 1.29. The van der Waals surface area contributed by atoms with Gasteiger partial charge >= 0.3 is 0 Å². The van der Waals surface area contributed by atoms with E-state index in [1.807, 2.05) is 0 Å². The average Bonchev–Trinajstić information content (AvgIpc) is 2.15. The molecule has 0 aromatic carbocycles. The van der Waals surface area contributed by atoms with Crippen molar-refractivity contribution in [3.63, 3.8) is 0 Å². The second-order valence-corrected chi connectivity index (χ2v) is 2.76. The maximum atomic E-state index is 5.56. The predicted molar refractivity (Wildman–Crippen MR) is 48.6 cm³/mol. The number of ether oxygens (including phenoxy) is 2. The molecule has 0 unspecified atom stereocenters. The van der Waals surface area contributed by atoms with Crippen LogP contribution in [0.2, 0.25) is 5.15 Å². The van der Waals surface area contributed by atoms with Crippen LogP contribution in [-0.2, 0) is 16.1 Å². The molecule has 0 aliphatic rings. The summed E-state index contributed by atoms with van der Waals surface area (Å²) in [5, 5.41) is 0.389. The van der Waals surface area contributed by atoms with E-state index >= 15 is 0 Å². The van der Waals surface area contributed by atoms with Crippen LogP contribution in [0.25, 0.3) is 0 Å².